The molecule has 0 unspecified atom stereocenters. The molecule has 1 heterocycles. The van der Waals surface area contributed by atoms with Crippen molar-refractivity contribution in [1.82, 2.24) is 9.78 Å². The van der Waals surface area contributed by atoms with E-state index in [0.29, 0.717) is 6.07 Å². The molecule has 13 heteroatoms. The lowest BCUT2D eigenvalue weighted by Gasteiger charge is -2.12. The first-order valence-electron chi connectivity index (χ1n) is 9.10. The van der Waals surface area contributed by atoms with Gasteiger partial charge in [0.25, 0.3) is 0 Å². The average molecular weight is 478 g/mol. The van der Waals surface area contributed by atoms with Gasteiger partial charge in [-0.05, 0) is 32.0 Å². The van der Waals surface area contributed by atoms with E-state index in [9.17, 15) is 39.9 Å². The number of alkyl halides is 3. The first-order chi connectivity index (χ1) is 15.3. The number of hydrogen-bond acceptors (Lipinski definition) is 2. The summed E-state index contributed by atoms with van der Waals surface area (Å²) in [4.78, 5) is 12.2. The molecule has 33 heavy (non-hydrogen) atoms. The van der Waals surface area contributed by atoms with Gasteiger partial charge in [-0.15, -0.1) is 0 Å². The van der Waals surface area contributed by atoms with E-state index in [1.807, 2.05) is 0 Å². The van der Waals surface area contributed by atoms with E-state index in [0.717, 1.165) is 16.8 Å². The summed E-state index contributed by atoms with van der Waals surface area (Å²) in [7, 11) is 0. The summed E-state index contributed by atoms with van der Waals surface area (Å²) >= 11 is 0. The molecule has 0 radical (unpaired) electrons. The molecule has 0 fully saturated rings. The average Bonchev–Trinajstić information content (AvgIpc) is 3.00. The molecule has 0 aliphatic heterocycles. The summed E-state index contributed by atoms with van der Waals surface area (Å²) in [6.07, 6.45) is -4.62. The van der Waals surface area contributed by atoms with Crippen molar-refractivity contribution in [2.24, 2.45) is 0 Å². The molecule has 2 N–H and O–H groups in total. The lowest BCUT2D eigenvalue weighted by molar-refractivity contribution is -0.137. The Hall–Kier alpha value is -3.64. The van der Waals surface area contributed by atoms with Gasteiger partial charge >= 0.3 is 12.2 Å². The highest BCUT2D eigenvalue weighted by atomic mass is 19.4. The van der Waals surface area contributed by atoms with Crippen molar-refractivity contribution in [3.63, 3.8) is 0 Å². The lowest BCUT2D eigenvalue weighted by Crippen LogP contribution is -2.20. The Morgan fingerprint density at radius 3 is 2.09 bits per heavy atom. The van der Waals surface area contributed by atoms with Crippen LogP contribution in [-0.4, -0.2) is 15.8 Å². The van der Waals surface area contributed by atoms with Crippen molar-refractivity contribution in [2.75, 3.05) is 10.6 Å². The number of carbonyl (C=O) groups is 1. The number of halogens is 8. The van der Waals surface area contributed by atoms with Gasteiger partial charge in [-0.1, -0.05) is 6.07 Å². The second-order valence-corrected chi connectivity index (χ2v) is 6.91. The Balaban J connectivity index is 1.83. The number of rotatable bonds is 4. The van der Waals surface area contributed by atoms with Crippen LogP contribution in [0.2, 0.25) is 0 Å². The highest BCUT2D eigenvalue weighted by Gasteiger charge is 2.30. The van der Waals surface area contributed by atoms with Gasteiger partial charge in [0.05, 0.1) is 34.7 Å². The Morgan fingerprint density at radius 1 is 0.939 bits per heavy atom. The van der Waals surface area contributed by atoms with Crippen molar-refractivity contribution in [1.29, 1.82) is 0 Å². The predicted molar refractivity (Wildman–Crippen MR) is 101 cm³/mol. The van der Waals surface area contributed by atoms with Crippen LogP contribution in [0, 0.1) is 42.9 Å². The second kappa shape index (κ2) is 8.71. The monoisotopic (exact) mass is 478 g/mol. The highest BCUT2D eigenvalue weighted by molar-refractivity contribution is 6.00. The third kappa shape index (κ3) is 4.76. The van der Waals surface area contributed by atoms with Crippen LogP contribution in [0.3, 0.4) is 0 Å². The highest BCUT2D eigenvalue weighted by Crippen LogP contribution is 2.31. The number of carbonyl (C=O) groups excluding carboxylic acids is 1. The molecule has 3 aromatic rings. The first kappa shape index (κ1) is 24.0. The summed E-state index contributed by atoms with van der Waals surface area (Å²) in [5.41, 5.74) is -2.03. The number of aryl methyl sites for hydroxylation is 1. The summed E-state index contributed by atoms with van der Waals surface area (Å²) in [6, 6.07) is 2.90. The number of nitrogens with zero attached hydrogens (tertiary/aromatic N) is 2. The fourth-order valence-corrected chi connectivity index (χ4v) is 3.02. The predicted octanol–water partition coefficient (Wildman–Crippen LogP) is 5.91. The number of urea groups is 1. The Morgan fingerprint density at radius 2 is 1.52 bits per heavy atom. The van der Waals surface area contributed by atoms with Gasteiger partial charge in [0.2, 0.25) is 5.82 Å². The Bertz CT molecular complexity index is 1210. The van der Waals surface area contributed by atoms with Crippen LogP contribution < -0.4 is 10.6 Å². The zero-order valence-corrected chi connectivity index (χ0v) is 16.8. The molecule has 3 rings (SSSR count). The number of aromatic nitrogens is 2. The smallest absolute Gasteiger partial charge is 0.308 e. The molecule has 1 aromatic heterocycles. The van der Waals surface area contributed by atoms with E-state index >= 15 is 0 Å². The van der Waals surface area contributed by atoms with Gasteiger partial charge in [-0.2, -0.15) is 18.3 Å². The van der Waals surface area contributed by atoms with Gasteiger partial charge < -0.3 is 10.6 Å². The Kier molecular flexibility index (Phi) is 6.34. The topological polar surface area (TPSA) is 59.0 Å². The van der Waals surface area contributed by atoms with Crippen molar-refractivity contribution in [3.05, 3.63) is 75.9 Å². The number of nitrogens with one attached hydrogen (secondary N) is 2. The lowest BCUT2D eigenvalue weighted by atomic mass is 10.1. The van der Waals surface area contributed by atoms with E-state index in [2.05, 4.69) is 15.7 Å². The normalized spacial score (nSPS) is 11.6. The van der Waals surface area contributed by atoms with E-state index in [4.69, 9.17) is 0 Å². The summed E-state index contributed by atoms with van der Waals surface area (Å²) in [6.45, 7) is 1.91. The van der Waals surface area contributed by atoms with Crippen LogP contribution in [0.15, 0.2) is 24.3 Å². The van der Waals surface area contributed by atoms with Gasteiger partial charge in [0, 0.05) is 5.69 Å². The maximum atomic E-state index is 14.0. The zero-order valence-electron chi connectivity index (χ0n) is 16.8. The van der Waals surface area contributed by atoms with Crippen LogP contribution in [0.1, 0.15) is 22.5 Å². The SMILES string of the molecule is Cc1nn(Cc2c(F)c(F)c(F)c(F)c2F)c(C)c1NC(=O)Nc1cccc(C(F)(F)F)c1. The maximum absolute atomic E-state index is 14.0. The molecule has 0 aliphatic carbocycles. The minimum atomic E-state index is -4.62. The van der Waals surface area contributed by atoms with Crippen molar-refractivity contribution in [3.8, 4) is 0 Å². The summed E-state index contributed by atoms with van der Waals surface area (Å²) in [5, 5.41) is 8.48. The van der Waals surface area contributed by atoms with E-state index in [1.54, 1.807) is 0 Å². The summed E-state index contributed by atoms with van der Waals surface area (Å²) < 4.78 is 107. The van der Waals surface area contributed by atoms with Crippen LogP contribution in [0.25, 0.3) is 0 Å². The van der Waals surface area contributed by atoms with E-state index in [-0.39, 0.29) is 22.8 Å². The molecule has 5 nitrogen and oxygen atoms in total. The fourth-order valence-electron chi connectivity index (χ4n) is 3.02. The minimum absolute atomic E-state index is 0.0309. The molecule has 0 bridgehead atoms. The number of hydrogen-bond donors (Lipinski definition) is 2. The standard InChI is InChI=1S/C20H14F8N4O/c1-8-18(30-19(33)29-11-5-3-4-10(6-11)20(26,27)28)9(2)32(31-8)7-12-13(21)15(23)17(25)16(24)14(12)22/h3-6H,7H2,1-2H3,(H2,29,30,33). The fraction of sp³-hybridized carbons (Fsp3) is 0.200. The number of amides is 2. The Labute approximate surface area is 181 Å². The van der Waals surface area contributed by atoms with E-state index in [1.165, 1.54) is 19.9 Å². The van der Waals surface area contributed by atoms with E-state index < -0.39 is 59.0 Å². The van der Waals surface area contributed by atoms with Crippen molar-refractivity contribution < 1.29 is 39.9 Å². The second-order valence-electron chi connectivity index (χ2n) is 6.91. The first-order valence-corrected chi connectivity index (χ1v) is 9.10. The van der Waals surface area contributed by atoms with Gasteiger partial charge in [-0.25, -0.2) is 26.7 Å². The molecule has 2 amide bonds. The quantitative estimate of drug-likeness (QED) is 0.279. The molecule has 0 saturated carbocycles. The minimum Gasteiger partial charge on any atom is -0.308 e. The van der Waals surface area contributed by atoms with Crippen LogP contribution in [-0.2, 0) is 12.7 Å². The molecule has 0 aliphatic rings. The van der Waals surface area contributed by atoms with Gasteiger partial charge in [0.15, 0.2) is 23.3 Å². The van der Waals surface area contributed by atoms with Gasteiger partial charge in [-0.3, -0.25) is 4.68 Å². The molecular formula is C20H14F8N4O. The molecular weight excluding hydrogens is 464 g/mol. The molecule has 0 saturated heterocycles. The van der Waals surface area contributed by atoms with Crippen LogP contribution >= 0.6 is 0 Å². The third-order valence-corrected chi connectivity index (χ3v) is 4.68. The number of anilines is 2. The zero-order chi connectivity index (χ0) is 24.7. The van der Waals surface area contributed by atoms with Crippen molar-refractivity contribution in [2.45, 2.75) is 26.6 Å². The molecule has 176 valence electrons. The summed E-state index contributed by atoms with van der Waals surface area (Å²) in [5.74, 6) is -10.5. The van der Waals surface area contributed by atoms with Crippen LogP contribution in [0.4, 0.5) is 51.3 Å². The maximum Gasteiger partial charge on any atom is 0.416 e. The molecule has 2 aromatic carbocycles. The van der Waals surface area contributed by atoms with Crippen molar-refractivity contribution >= 4 is 17.4 Å². The third-order valence-electron chi connectivity index (χ3n) is 4.68. The molecule has 0 atom stereocenters. The number of benzene rings is 2. The largest absolute Gasteiger partial charge is 0.416 e. The molecule has 0 spiro atoms. The van der Waals surface area contributed by atoms with Gasteiger partial charge in [0.1, 0.15) is 0 Å². The van der Waals surface area contributed by atoms with Crippen LogP contribution in [0.5, 0.6) is 0 Å².